The molecule has 8 nitrogen and oxygen atoms in total. The number of likely N-dealkylation sites (N-methyl/N-ethyl adjacent to an activating group) is 1. The third-order valence-electron chi connectivity index (χ3n) is 6.02. The van der Waals surface area contributed by atoms with E-state index in [1.165, 1.54) is 35.8 Å². The van der Waals surface area contributed by atoms with Crippen LogP contribution in [0.25, 0.3) is 0 Å². The summed E-state index contributed by atoms with van der Waals surface area (Å²) in [6.45, 7) is 3.44. The fourth-order valence-electron chi connectivity index (χ4n) is 3.90. The van der Waals surface area contributed by atoms with Gasteiger partial charge in [-0.05, 0) is 86.3 Å². The Morgan fingerprint density at radius 3 is 2.28 bits per heavy atom. The van der Waals surface area contributed by atoms with Gasteiger partial charge in [-0.15, -0.1) is 11.8 Å². The molecule has 1 unspecified atom stereocenters. The van der Waals surface area contributed by atoms with Crippen molar-refractivity contribution in [2.75, 3.05) is 30.8 Å². The summed E-state index contributed by atoms with van der Waals surface area (Å²) >= 11 is 7.64. The zero-order chi connectivity index (χ0) is 28.6. The number of halogens is 1. The Labute approximate surface area is 239 Å². The molecular formula is C28H32ClN3O5S2. The number of amides is 2. The molecule has 2 amide bonds. The van der Waals surface area contributed by atoms with Crippen molar-refractivity contribution in [2.24, 2.45) is 0 Å². The van der Waals surface area contributed by atoms with Gasteiger partial charge in [0, 0.05) is 23.5 Å². The van der Waals surface area contributed by atoms with Crippen LogP contribution in [0, 0.1) is 0 Å². The molecule has 0 heterocycles. The van der Waals surface area contributed by atoms with E-state index in [1.807, 2.05) is 13.2 Å². The van der Waals surface area contributed by atoms with Gasteiger partial charge in [0.15, 0.2) is 0 Å². The smallest absolute Gasteiger partial charge is 0.264 e. The molecule has 39 heavy (non-hydrogen) atoms. The molecule has 0 bridgehead atoms. The van der Waals surface area contributed by atoms with Crippen LogP contribution in [0.4, 0.5) is 5.69 Å². The van der Waals surface area contributed by atoms with Crippen LogP contribution >= 0.6 is 23.4 Å². The lowest BCUT2D eigenvalue weighted by atomic mass is 10.1. The van der Waals surface area contributed by atoms with E-state index < -0.39 is 28.5 Å². The SMILES string of the molecule is CCOc1ccc(N(CC(=O)N(Cc2cccc(Cl)c2)C(C)C(=O)NC)S(=O)(=O)c2ccc(SC)cc2)cc1. The molecule has 3 rings (SSSR count). The topological polar surface area (TPSA) is 96.0 Å². The van der Waals surface area contributed by atoms with E-state index in [-0.39, 0.29) is 23.0 Å². The molecule has 208 valence electrons. The average molecular weight is 590 g/mol. The molecule has 0 saturated heterocycles. The number of thioether (sulfide) groups is 1. The van der Waals surface area contributed by atoms with Crippen LogP contribution in [0.3, 0.4) is 0 Å². The van der Waals surface area contributed by atoms with Gasteiger partial charge in [-0.25, -0.2) is 8.42 Å². The summed E-state index contributed by atoms with van der Waals surface area (Å²) in [6.07, 6.45) is 1.90. The van der Waals surface area contributed by atoms with E-state index in [0.29, 0.717) is 22.9 Å². The van der Waals surface area contributed by atoms with Crippen LogP contribution in [-0.4, -0.2) is 57.6 Å². The largest absolute Gasteiger partial charge is 0.494 e. The Kier molecular flexibility index (Phi) is 10.7. The van der Waals surface area contributed by atoms with Gasteiger partial charge < -0.3 is 15.0 Å². The van der Waals surface area contributed by atoms with E-state index in [1.54, 1.807) is 67.6 Å². The first-order chi connectivity index (χ1) is 18.6. The number of carbonyl (C=O) groups excluding carboxylic acids is 2. The van der Waals surface area contributed by atoms with Gasteiger partial charge in [-0.3, -0.25) is 13.9 Å². The minimum absolute atomic E-state index is 0.0442. The van der Waals surface area contributed by atoms with Crippen LogP contribution in [0.2, 0.25) is 5.02 Å². The Morgan fingerprint density at radius 2 is 1.72 bits per heavy atom. The van der Waals surface area contributed by atoms with Gasteiger partial charge in [-0.1, -0.05) is 23.7 Å². The minimum Gasteiger partial charge on any atom is -0.494 e. The van der Waals surface area contributed by atoms with E-state index in [9.17, 15) is 18.0 Å². The molecule has 11 heteroatoms. The number of carbonyl (C=O) groups is 2. The number of nitrogens with one attached hydrogen (secondary N) is 1. The first-order valence-corrected chi connectivity index (χ1v) is 15.3. The molecule has 3 aromatic carbocycles. The molecular weight excluding hydrogens is 558 g/mol. The van der Waals surface area contributed by atoms with Gasteiger partial charge in [-0.2, -0.15) is 0 Å². The van der Waals surface area contributed by atoms with Crippen molar-refractivity contribution in [1.29, 1.82) is 0 Å². The Morgan fingerprint density at radius 1 is 1.05 bits per heavy atom. The zero-order valence-electron chi connectivity index (χ0n) is 22.3. The number of benzene rings is 3. The number of hydrogen-bond acceptors (Lipinski definition) is 6. The first-order valence-electron chi connectivity index (χ1n) is 12.3. The normalized spacial score (nSPS) is 11.9. The molecule has 0 spiro atoms. The summed E-state index contributed by atoms with van der Waals surface area (Å²) in [5.41, 5.74) is 0.991. The predicted octanol–water partition coefficient (Wildman–Crippen LogP) is 4.82. The third-order valence-corrected chi connectivity index (χ3v) is 8.78. The van der Waals surface area contributed by atoms with Gasteiger partial charge in [0.05, 0.1) is 17.2 Å². The fraction of sp³-hybridized carbons (Fsp3) is 0.286. The van der Waals surface area contributed by atoms with Crippen molar-refractivity contribution in [2.45, 2.75) is 36.2 Å². The molecule has 0 fully saturated rings. The van der Waals surface area contributed by atoms with Crippen LogP contribution in [0.5, 0.6) is 5.75 Å². The molecule has 0 aromatic heterocycles. The minimum atomic E-state index is -4.15. The van der Waals surface area contributed by atoms with Crippen LogP contribution in [0.15, 0.2) is 82.6 Å². The van der Waals surface area contributed by atoms with Crippen LogP contribution in [-0.2, 0) is 26.2 Å². The monoisotopic (exact) mass is 589 g/mol. The number of rotatable bonds is 12. The van der Waals surface area contributed by atoms with E-state index in [0.717, 1.165) is 9.20 Å². The lowest BCUT2D eigenvalue weighted by molar-refractivity contribution is -0.139. The van der Waals surface area contributed by atoms with E-state index in [4.69, 9.17) is 16.3 Å². The van der Waals surface area contributed by atoms with Crippen LogP contribution < -0.4 is 14.4 Å². The second kappa shape index (κ2) is 13.7. The molecule has 0 saturated carbocycles. The number of hydrogen-bond donors (Lipinski definition) is 1. The highest BCUT2D eigenvalue weighted by Gasteiger charge is 2.32. The second-order valence-corrected chi connectivity index (χ2v) is 11.7. The summed E-state index contributed by atoms with van der Waals surface area (Å²) in [5, 5.41) is 3.05. The average Bonchev–Trinajstić information content (AvgIpc) is 2.94. The van der Waals surface area contributed by atoms with Crippen molar-refractivity contribution >= 4 is 50.9 Å². The van der Waals surface area contributed by atoms with Crippen LogP contribution in [0.1, 0.15) is 19.4 Å². The second-order valence-electron chi connectivity index (χ2n) is 8.56. The zero-order valence-corrected chi connectivity index (χ0v) is 24.6. The van der Waals surface area contributed by atoms with E-state index >= 15 is 0 Å². The Balaban J connectivity index is 2.03. The van der Waals surface area contributed by atoms with Crippen molar-refractivity contribution in [3.8, 4) is 5.75 Å². The third kappa shape index (κ3) is 7.68. The quantitative estimate of drug-likeness (QED) is 0.304. The highest BCUT2D eigenvalue weighted by Crippen LogP contribution is 2.28. The van der Waals surface area contributed by atoms with E-state index in [2.05, 4.69) is 5.32 Å². The molecule has 3 aromatic rings. The summed E-state index contributed by atoms with van der Waals surface area (Å²) in [7, 11) is -2.67. The highest BCUT2D eigenvalue weighted by atomic mass is 35.5. The molecule has 0 aliphatic heterocycles. The number of nitrogens with zero attached hydrogens (tertiary/aromatic N) is 2. The molecule has 0 aliphatic carbocycles. The van der Waals surface area contributed by atoms with Crippen molar-refractivity contribution in [3.63, 3.8) is 0 Å². The first kappa shape index (κ1) is 30.3. The summed E-state index contributed by atoms with van der Waals surface area (Å²) in [6, 6.07) is 19.0. The van der Waals surface area contributed by atoms with Crippen molar-refractivity contribution < 1.29 is 22.7 Å². The molecule has 1 atom stereocenters. The molecule has 1 N–H and O–H groups in total. The van der Waals surface area contributed by atoms with Gasteiger partial charge in [0.1, 0.15) is 18.3 Å². The highest BCUT2D eigenvalue weighted by molar-refractivity contribution is 7.98. The van der Waals surface area contributed by atoms with Gasteiger partial charge >= 0.3 is 0 Å². The molecule has 0 radical (unpaired) electrons. The Bertz CT molecular complexity index is 1380. The number of anilines is 1. The predicted molar refractivity (Wildman–Crippen MR) is 156 cm³/mol. The van der Waals surface area contributed by atoms with Gasteiger partial charge in [0.2, 0.25) is 11.8 Å². The lowest BCUT2D eigenvalue weighted by Crippen LogP contribution is -2.50. The number of sulfonamides is 1. The van der Waals surface area contributed by atoms with Crippen molar-refractivity contribution in [3.05, 3.63) is 83.4 Å². The lowest BCUT2D eigenvalue weighted by Gasteiger charge is -2.31. The van der Waals surface area contributed by atoms with Gasteiger partial charge in [0.25, 0.3) is 10.0 Å². The number of ether oxygens (including phenoxy) is 1. The van der Waals surface area contributed by atoms with Crippen molar-refractivity contribution in [1.82, 2.24) is 10.2 Å². The summed E-state index contributed by atoms with van der Waals surface area (Å²) in [5.74, 6) is -0.358. The maximum Gasteiger partial charge on any atom is 0.264 e. The summed E-state index contributed by atoms with van der Waals surface area (Å²) < 4.78 is 34.3. The molecule has 0 aliphatic rings. The maximum absolute atomic E-state index is 13.9. The Hall–Kier alpha value is -3.21. The standard InChI is InChI=1S/C28H32ClN3O5S2/c1-5-37-24-11-9-23(10-12-24)32(39(35,36)26-15-13-25(38-4)14-16-26)19-27(33)31(20(2)28(34)30-3)18-21-7-6-8-22(29)17-21/h6-17,20H,5,18-19H2,1-4H3,(H,30,34). The summed E-state index contributed by atoms with van der Waals surface area (Å²) in [4.78, 5) is 28.7. The fourth-order valence-corrected chi connectivity index (χ4v) is 5.94. The maximum atomic E-state index is 13.9.